The van der Waals surface area contributed by atoms with Gasteiger partial charge in [-0.1, -0.05) is 30.3 Å². The summed E-state index contributed by atoms with van der Waals surface area (Å²) >= 11 is 0. The van der Waals surface area contributed by atoms with Crippen LogP contribution >= 0.6 is 12.4 Å². The van der Waals surface area contributed by atoms with E-state index in [-0.39, 0.29) is 18.2 Å². The van der Waals surface area contributed by atoms with E-state index in [9.17, 15) is 4.39 Å². The van der Waals surface area contributed by atoms with Crippen molar-refractivity contribution in [1.82, 2.24) is 5.32 Å². The molecule has 3 rings (SSSR count). The molecule has 0 saturated carbocycles. The predicted molar refractivity (Wildman–Crippen MR) is 87.7 cm³/mol. The minimum atomic E-state index is -0.149. The molecule has 112 valence electrons. The van der Waals surface area contributed by atoms with Crippen molar-refractivity contribution in [3.05, 3.63) is 65.0 Å². The summed E-state index contributed by atoms with van der Waals surface area (Å²) < 4.78 is 13.6. The third-order valence-electron chi connectivity index (χ3n) is 3.82. The van der Waals surface area contributed by atoms with E-state index < -0.39 is 0 Å². The van der Waals surface area contributed by atoms with Gasteiger partial charge in [-0.05, 0) is 49.2 Å². The van der Waals surface area contributed by atoms with E-state index in [0.29, 0.717) is 12.1 Å². The van der Waals surface area contributed by atoms with E-state index in [2.05, 4.69) is 28.8 Å². The smallest absolute Gasteiger partial charge is 0.128 e. The van der Waals surface area contributed by atoms with Crippen molar-refractivity contribution in [3.8, 4) is 0 Å². The van der Waals surface area contributed by atoms with Gasteiger partial charge in [0.2, 0.25) is 0 Å². The van der Waals surface area contributed by atoms with Crippen LogP contribution in [-0.4, -0.2) is 13.1 Å². The van der Waals surface area contributed by atoms with Crippen LogP contribution in [0.2, 0.25) is 0 Å². The van der Waals surface area contributed by atoms with Crippen molar-refractivity contribution >= 4 is 18.1 Å². The summed E-state index contributed by atoms with van der Waals surface area (Å²) in [4.78, 5) is 0. The van der Waals surface area contributed by atoms with Crippen LogP contribution < -0.4 is 10.6 Å². The van der Waals surface area contributed by atoms with Gasteiger partial charge >= 0.3 is 0 Å². The van der Waals surface area contributed by atoms with Gasteiger partial charge < -0.3 is 10.6 Å². The Morgan fingerprint density at radius 2 is 1.81 bits per heavy atom. The molecule has 2 N–H and O–H groups in total. The summed E-state index contributed by atoms with van der Waals surface area (Å²) in [6.45, 7) is 2.56. The molecule has 0 spiro atoms. The molecule has 1 aliphatic rings. The SMILES string of the molecule is Cl.Fc1ccccc1CNc1cccc2c1CCNCC2. The zero-order valence-electron chi connectivity index (χ0n) is 11.9. The van der Waals surface area contributed by atoms with Gasteiger partial charge in [0, 0.05) is 17.8 Å². The fourth-order valence-corrected chi connectivity index (χ4v) is 2.72. The lowest BCUT2D eigenvalue weighted by atomic mass is 10.0. The van der Waals surface area contributed by atoms with Gasteiger partial charge in [-0.3, -0.25) is 0 Å². The minimum Gasteiger partial charge on any atom is -0.381 e. The molecule has 0 fully saturated rings. The number of hydrogen-bond acceptors (Lipinski definition) is 2. The molecule has 0 saturated heterocycles. The van der Waals surface area contributed by atoms with E-state index in [1.54, 1.807) is 6.07 Å². The molecule has 0 amide bonds. The van der Waals surface area contributed by atoms with Gasteiger partial charge in [0.25, 0.3) is 0 Å². The zero-order valence-corrected chi connectivity index (χ0v) is 12.7. The maximum absolute atomic E-state index is 13.6. The zero-order chi connectivity index (χ0) is 13.8. The maximum Gasteiger partial charge on any atom is 0.128 e. The van der Waals surface area contributed by atoms with Gasteiger partial charge in [-0.15, -0.1) is 12.4 Å². The number of rotatable bonds is 3. The Morgan fingerprint density at radius 1 is 1.00 bits per heavy atom. The second-order valence-corrected chi connectivity index (χ2v) is 5.14. The number of anilines is 1. The Morgan fingerprint density at radius 3 is 2.67 bits per heavy atom. The molecule has 1 aliphatic heterocycles. The highest BCUT2D eigenvalue weighted by molar-refractivity contribution is 5.85. The number of hydrogen-bond donors (Lipinski definition) is 2. The molecule has 0 aliphatic carbocycles. The van der Waals surface area contributed by atoms with Gasteiger partial charge in [0.15, 0.2) is 0 Å². The lowest BCUT2D eigenvalue weighted by Gasteiger charge is -2.14. The van der Waals surface area contributed by atoms with Crippen LogP contribution in [0.5, 0.6) is 0 Å². The highest BCUT2D eigenvalue weighted by Crippen LogP contribution is 2.23. The van der Waals surface area contributed by atoms with Gasteiger partial charge in [0.1, 0.15) is 5.82 Å². The van der Waals surface area contributed by atoms with Crippen molar-refractivity contribution in [2.24, 2.45) is 0 Å². The Labute approximate surface area is 131 Å². The highest BCUT2D eigenvalue weighted by Gasteiger charge is 2.11. The molecule has 0 unspecified atom stereocenters. The van der Waals surface area contributed by atoms with E-state index in [1.807, 2.05) is 12.1 Å². The normalized spacial score (nSPS) is 13.8. The van der Waals surface area contributed by atoms with Crippen molar-refractivity contribution < 1.29 is 4.39 Å². The lowest BCUT2D eigenvalue weighted by Crippen LogP contribution is -2.16. The van der Waals surface area contributed by atoms with Crippen molar-refractivity contribution in [2.45, 2.75) is 19.4 Å². The fraction of sp³-hybridized carbons (Fsp3) is 0.294. The summed E-state index contributed by atoms with van der Waals surface area (Å²) in [7, 11) is 0. The second-order valence-electron chi connectivity index (χ2n) is 5.14. The van der Waals surface area contributed by atoms with E-state index >= 15 is 0 Å². The molecular weight excluding hydrogens is 287 g/mol. The average molecular weight is 307 g/mol. The highest BCUT2D eigenvalue weighted by atomic mass is 35.5. The Hall–Kier alpha value is -1.58. The summed E-state index contributed by atoms with van der Waals surface area (Å²) in [6.07, 6.45) is 2.08. The Balaban J connectivity index is 0.00000161. The lowest BCUT2D eigenvalue weighted by molar-refractivity contribution is 0.613. The third kappa shape index (κ3) is 3.74. The molecule has 4 heteroatoms. The van der Waals surface area contributed by atoms with Crippen molar-refractivity contribution in [1.29, 1.82) is 0 Å². The van der Waals surface area contributed by atoms with E-state index in [1.165, 1.54) is 17.2 Å². The van der Waals surface area contributed by atoms with Crippen LogP contribution in [0.15, 0.2) is 42.5 Å². The molecule has 0 atom stereocenters. The molecule has 1 heterocycles. The maximum atomic E-state index is 13.6. The standard InChI is InChI=1S/C17H19FN2.ClH/c18-16-6-2-1-4-14(16)12-20-17-7-3-5-13-8-10-19-11-9-15(13)17;/h1-7,19-20H,8-12H2;1H. The molecule has 2 nitrogen and oxygen atoms in total. The molecule has 0 aromatic heterocycles. The number of nitrogens with one attached hydrogen (secondary N) is 2. The van der Waals surface area contributed by atoms with Crippen LogP contribution in [0.25, 0.3) is 0 Å². The number of benzene rings is 2. The summed E-state index contributed by atoms with van der Waals surface area (Å²) in [5.74, 6) is -0.149. The van der Waals surface area contributed by atoms with Crippen molar-refractivity contribution in [3.63, 3.8) is 0 Å². The van der Waals surface area contributed by atoms with Crippen LogP contribution in [-0.2, 0) is 19.4 Å². The first-order valence-corrected chi connectivity index (χ1v) is 7.13. The summed E-state index contributed by atoms with van der Waals surface area (Å²) in [5.41, 5.74) is 4.61. The largest absolute Gasteiger partial charge is 0.381 e. The minimum absolute atomic E-state index is 0. The first-order valence-electron chi connectivity index (χ1n) is 7.13. The number of fused-ring (bicyclic) bond motifs is 1. The van der Waals surface area contributed by atoms with Crippen LogP contribution in [0.4, 0.5) is 10.1 Å². The summed E-state index contributed by atoms with van der Waals surface area (Å²) in [6, 6.07) is 13.3. The van der Waals surface area contributed by atoms with E-state index in [0.717, 1.165) is 31.6 Å². The topological polar surface area (TPSA) is 24.1 Å². The average Bonchev–Trinajstić information content (AvgIpc) is 2.72. The molecule has 0 bridgehead atoms. The molecule has 21 heavy (non-hydrogen) atoms. The Bertz CT molecular complexity index is 601. The molecular formula is C17H20ClFN2. The molecule has 0 radical (unpaired) electrons. The quantitative estimate of drug-likeness (QED) is 0.906. The number of halogens is 2. The van der Waals surface area contributed by atoms with Crippen LogP contribution in [0.3, 0.4) is 0 Å². The first-order chi connectivity index (χ1) is 9.84. The van der Waals surface area contributed by atoms with E-state index in [4.69, 9.17) is 0 Å². The third-order valence-corrected chi connectivity index (χ3v) is 3.82. The second kappa shape index (κ2) is 7.43. The molecule has 2 aromatic rings. The van der Waals surface area contributed by atoms with Crippen LogP contribution in [0, 0.1) is 5.82 Å². The Kier molecular flexibility index (Phi) is 5.59. The first kappa shape index (κ1) is 15.8. The van der Waals surface area contributed by atoms with Gasteiger partial charge in [0.05, 0.1) is 0 Å². The van der Waals surface area contributed by atoms with Crippen molar-refractivity contribution in [2.75, 3.05) is 18.4 Å². The fourth-order valence-electron chi connectivity index (χ4n) is 2.72. The predicted octanol–water partition coefficient (Wildman–Crippen LogP) is 3.55. The van der Waals surface area contributed by atoms with Gasteiger partial charge in [-0.25, -0.2) is 4.39 Å². The molecule has 2 aromatic carbocycles. The monoisotopic (exact) mass is 306 g/mol. The van der Waals surface area contributed by atoms with Gasteiger partial charge in [-0.2, -0.15) is 0 Å². The van der Waals surface area contributed by atoms with Crippen LogP contribution in [0.1, 0.15) is 16.7 Å². The summed E-state index contributed by atoms with van der Waals surface area (Å²) in [5, 5.41) is 6.81.